The van der Waals surface area contributed by atoms with Gasteiger partial charge in [0, 0.05) is 24.3 Å². The third kappa shape index (κ3) is 1.39. The summed E-state index contributed by atoms with van der Waals surface area (Å²) in [6, 6.07) is 0. The zero-order chi connectivity index (χ0) is 10.1. The molecule has 0 bridgehead atoms. The number of anilines is 1. The van der Waals surface area contributed by atoms with Crippen LogP contribution in [0, 0.1) is 0 Å². The van der Waals surface area contributed by atoms with Crippen molar-refractivity contribution in [2.45, 2.75) is 6.54 Å². The minimum atomic E-state index is -0.402. The second-order valence-electron chi connectivity index (χ2n) is 2.71. The number of imidazole rings is 1. The van der Waals surface area contributed by atoms with E-state index in [1.54, 1.807) is 12.4 Å². The van der Waals surface area contributed by atoms with E-state index < -0.39 is 5.69 Å². The maximum atomic E-state index is 11.3. The molecule has 0 saturated heterocycles. The van der Waals surface area contributed by atoms with Crippen LogP contribution in [-0.2, 0) is 6.54 Å². The minimum absolute atomic E-state index is 0.00419. The molecule has 74 valence electrons. The van der Waals surface area contributed by atoms with Crippen LogP contribution < -0.4 is 11.4 Å². The van der Waals surface area contributed by atoms with Crippen LogP contribution in [0.3, 0.4) is 0 Å². The van der Waals surface area contributed by atoms with E-state index in [2.05, 4.69) is 25.9 Å². The van der Waals surface area contributed by atoms with Crippen LogP contribution >= 0.6 is 15.9 Å². The maximum absolute atomic E-state index is 11.3. The summed E-state index contributed by atoms with van der Waals surface area (Å²) in [6.07, 6.45) is 3.39. The Bertz CT molecular complexity index is 516. The standard InChI is InChI=1S/C7H8BrN5O/c8-1-2-12-3-4-13-6(12)10-5(9)11-7(13)14/h3-4H,1-2H2,(H2,9,11,14). The number of aryl methyl sites for hydroxylation is 1. The van der Waals surface area contributed by atoms with Gasteiger partial charge in [0.25, 0.3) is 0 Å². The smallest absolute Gasteiger partial charge is 0.357 e. The van der Waals surface area contributed by atoms with Gasteiger partial charge in [-0.05, 0) is 0 Å². The molecule has 0 aliphatic heterocycles. The molecule has 2 N–H and O–H groups in total. The summed E-state index contributed by atoms with van der Waals surface area (Å²) in [5.74, 6) is 0.520. The van der Waals surface area contributed by atoms with Crippen LogP contribution in [0.2, 0.25) is 0 Å². The highest BCUT2D eigenvalue weighted by Crippen LogP contribution is 2.01. The molecule has 7 heteroatoms. The summed E-state index contributed by atoms with van der Waals surface area (Å²) < 4.78 is 3.19. The van der Waals surface area contributed by atoms with E-state index in [0.29, 0.717) is 5.78 Å². The Labute approximate surface area is 87.5 Å². The van der Waals surface area contributed by atoms with E-state index in [0.717, 1.165) is 11.9 Å². The van der Waals surface area contributed by atoms with E-state index in [1.165, 1.54) is 4.40 Å². The van der Waals surface area contributed by atoms with Gasteiger partial charge in [0.15, 0.2) is 0 Å². The molecule has 2 aromatic rings. The number of fused-ring (bicyclic) bond motifs is 1. The molecule has 0 aliphatic carbocycles. The van der Waals surface area contributed by atoms with Gasteiger partial charge >= 0.3 is 5.69 Å². The van der Waals surface area contributed by atoms with Crippen molar-refractivity contribution in [1.82, 2.24) is 18.9 Å². The molecule has 2 heterocycles. The van der Waals surface area contributed by atoms with E-state index >= 15 is 0 Å². The van der Waals surface area contributed by atoms with Crippen molar-refractivity contribution < 1.29 is 0 Å². The number of alkyl halides is 1. The maximum Gasteiger partial charge on any atom is 0.357 e. The molecule has 14 heavy (non-hydrogen) atoms. The summed E-state index contributed by atoms with van der Waals surface area (Å²) >= 11 is 3.31. The lowest BCUT2D eigenvalue weighted by Gasteiger charge is -2.00. The van der Waals surface area contributed by atoms with Gasteiger partial charge in [-0.25, -0.2) is 9.20 Å². The van der Waals surface area contributed by atoms with E-state index in [1.807, 2.05) is 4.57 Å². The quantitative estimate of drug-likeness (QED) is 0.761. The number of nitrogen functional groups attached to an aromatic ring is 1. The van der Waals surface area contributed by atoms with E-state index in [-0.39, 0.29) is 5.95 Å². The molecule has 0 fully saturated rings. The number of halogens is 1. The lowest BCUT2D eigenvalue weighted by Crippen LogP contribution is -2.19. The first-order valence-corrected chi connectivity index (χ1v) is 5.11. The Kier molecular flexibility index (Phi) is 2.24. The van der Waals surface area contributed by atoms with Gasteiger partial charge < -0.3 is 10.3 Å². The van der Waals surface area contributed by atoms with Gasteiger partial charge in [0.05, 0.1) is 0 Å². The van der Waals surface area contributed by atoms with Gasteiger partial charge in [-0.2, -0.15) is 9.97 Å². The fourth-order valence-electron chi connectivity index (χ4n) is 1.23. The highest BCUT2D eigenvalue weighted by molar-refractivity contribution is 9.09. The van der Waals surface area contributed by atoms with Crippen molar-refractivity contribution in [3.05, 3.63) is 22.9 Å². The van der Waals surface area contributed by atoms with Gasteiger partial charge in [0.1, 0.15) is 0 Å². The molecule has 0 spiro atoms. The molecule has 0 unspecified atom stereocenters. The number of nitrogens with two attached hydrogens (primary N) is 1. The largest absolute Gasteiger partial charge is 0.368 e. The molecule has 6 nitrogen and oxygen atoms in total. The second kappa shape index (κ2) is 3.41. The zero-order valence-corrected chi connectivity index (χ0v) is 8.81. The molecule has 0 atom stereocenters. The van der Waals surface area contributed by atoms with Crippen LogP contribution in [0.1, 0.15) is 0 Å². The third-order valence-electron chi connectivity index (χ3n) is 1.82. The molecule has 0 aromatic carbocycles. The van der Waals surface area contributed by atoms with Crippen LogP contribution in [0.25, 0.3) is 5.78 Å². The lowest BCUT2D eigenvalue weighted by atomic mass is 10.7. The Morgan fingerprint density at radius 1 is 1.43 bits per heavy atom. The first-order chi connectivity index (χ1) is 6.72. The fraction of sp³-hybridized carbons (Fsp3) is 0.286. The summed E-state index contributed by atoms with van der Waals surface area (Å²) in [4.78, 5) is 18.8. The van der Waals surface area contributed by atoms with E-state index in [9.17, 15) is 4.79 Å². The Balaban J connectivity index is 2.72. The highest BCUT2D eigenvalue weighted by Gasteiger charge is 2.05. The van der Waals surface area contributed by atoms with Crippen molar-refractivity contribution in [2.24, 2.45) is 0 Å². The van der Waals surface area contributed by atoms with Gasteiger partial charge in [-0.3, -0.25) is 0 Å². The summed E-state index contributed by atoms with van der Waals surface area (Å²) in [5.41, 5.74) is 4.99. The van der Waals surface area contributed by atoms with Crippen molar-refractivity contribution in [1.29, 1.82) is 0 Å². The topological polar surface area (TPSA) is 78.2 Å². The SMILES string of the molecule is Nc1nc(=O)n2ccn(CCBr)c2n1. The molecule has 0 amide bonds. The van der Waals surface area contributed by atoms with Crippen molar-refractivity contribution >= 4 is 27.7 Å². The van der Waals surface area contributed by atoms with Crippen molar-refractivity contribution in [3.8, 4) is 0 Å². The lowest BCUT2D eigenvalue weighted by molar-refractivity contribution is 0.782. The monoisotopic (exact) mass is 257 g/mol. The first kappa shape index (κ1) is 9.20. The number of aromatic nitrogens is 4. The van der Waals surface area contributed by atoms with Gasteiger partial charge in [0.2, 0.25) is 11.7 Å². The summed E-state index contributed by atoms with van der Waals surface area (Å²) in [6.45, 7) is 0.729. The minimum Gasteiger partial charge on any atom is -0.368 e. The molecule has 0 saturated carbocycles. The van der Waals surface area contributed by atoms with Gasteiger partial charge in [-0.15, -0.1) is 0 Å². The Morgan fingerprint density at radius 2 is 2.21 bits per heavy atom. The van der Waals surface area contributed by atoms with Crippen molar-refractivity contribution in [2.75, 3.05) is 11.1 Å². The van der Waals surface area contributed by atoms with Crippen LogP contribution in [0.4, 0.5) is 5.95 Å². The first-order valence-electron chi connectivity index (χ1n) is 3.99. The number of hydrogen-bond acceptors (Lipinski definition) is 4. The van der Waals surface area contributed by atoms with Crippen LogP contribution in [0.15, 0.2) is 17.2 Å². The Morgan fingerprint density at radius 3 is 2.93 bits per heavy atom. The Hall–Kier alpha value is -1.37. The normalized spacial score (nSPS) is 10.9. The zero-order valence-electron chi connectivity index (χ0n) is 7.22. The molecule has 0 aliphatic rings. The molecular formula is C7H8BrN5O. The van der Waals surface area contributed by atoms with Crippen molar-refractivity contribution in [3.63, 3.8) is 0 Å². The predicted octanol–water partition coefficient (Wildman–Crippen LogP) is -0.132. The summed E-state index contributed by atoms with van der Waals surface area (Å²) in [7, 11) is 0. The van der Waals surface area contributed by atoms with Crippen LogP contribution in [-0.4, -0.2) is 24.3 Å². The predicted molar refractivity (Wildman–Crippen MR) is 55.5 cm³/mol. The highest BCUT2D eigenvalue weighted by atomic mass is 79.9. The van der Waals surface area contributed by atoms with Crippen LogP contribution in [0.5, 0.6) is 0 Å². The number of hydrogen-bond donors (Lipinski definition) is 1. The molecular weight excluding hydrogens is 250 g/mol. The third-order valence-corrected chi connectivity index (χ3v) is 2.18. The number of nitrogens with zero attached hydrogens (tertiary/aromatic N) is 4. The second-order valence-corrected chi connectivity index (χ2v) is 3.51. The average Bonchev–Trinajstić information content (AvgIpc) is 2.49. The average molecular weight is 258 g/mol. The molecule has 2 aromatic heterocycles. The van der Waals surface area contributed by atoms with E-state index in [4.69, 9.17) is 5.73 Å². The molecule has 2 rings (SSSR count). The van der Waals surface area contributed by atoms with Gasteiger partial charge in [-0.1, -0.05) is 15.9 Å². The number of rotatable bonds is 2. The summed E-state index contributed by atoms with van der Waals surface area (Å²) in [5, 5.41) is 0.787. The fourth-order valence-corrected chi connectivity index (χ4v) is 1.61. The molecule has 0 radical (unpaired) electrons.